The molecule has 168 valence electrons. The fraction of sp³-hybridized carbons (Fsp3) is 0.130. The second-order valence-electron chi connectivity index (χ2n) is 6.90. The molecule has 0 aromatic heterocycles. The number of nitrogens with two attached hydrogens (primary N) is 2. The molecule has 0 saturated heterocycles. The summed E-state index contributed by atoms with van der Waals surface area (Å²) in [5, 5.41) is 9.96. The molecule has 1 atom stereocenters. The molecule has 2 aromatic carbocycles. The molecule has 0 radical (unpaired) electrons. The average molecular weight is 450 g/mol. The lowest BCUT2D eigenvalue weighted by Gasteiger charge is -2.36. The van der Waals surface area contributed by atoms with Gasteiger partial charge in [0.2, 0.25) is 5.91 Å². The zero-order valence-corrected chi connectivity index (χ0v) is 17.7. The molecule has 4 N–H and O–H groups in total. The van der Waals surface area contributed by atoms with E-state index < -0.39 is 35.3 Å². The van der Waals surface area contributed by atoms with Gasteiger partial charge >= 0.3 is 11.9 Å². The molecule has 1 aliphatic heterocycles. The lowest BCUT2D eigenvalue weighted by atomic mass is 9.81. The number of primary amides is 1. The predicted octanol–water partition coefficient (Wildman–Crippen LogP) is 1.82. The largest absolute Gasteiger partial charge is 0.466 e. The van der Waals surface area contributed by atoms with Crippen molar-refractivity contribution in [3.63, 3.8) is 0 Å². The standard InChI is InChI=1S/C23H19FN4O5/c1-32-22(30)18-17(12-6-4-3-5-7-12)16(11-25)20(26)28(19(18)23(31)33-2)15-9-13(21(27)29)8-14(24)10-15/h3-10,17H,26H2,1-2H3,(H2,27,29). The Balaban J connectivity index is 2.44. The van der Waals surface area contributed by atoms with E-state index in [1.165, 1.54) is 6.07 Å². The molecule has 0 aliphatic carbocycles. The summed E-state index contributed by atoms with van der Waals surface area (Å²) in [6.07, 6.45) is 0. The quantitative estimate of drug-likeness (QED) is 0.655. The van der Waals surface area contributed by atoms with E-state index in [1.54, 1.807) is 30.3 Å². The van der Waals surface area contributed by atoms with Crippen molar-refractivity contribution in [2.24, 2.45) is 11.5 Å². The number of carbonyl (C=O) groups excluding carboxylic acids is 3. The second-order valence-corrected chi connectivity index (χ2v) is 6.90. The molecule has 0 bridgehead atoms. The number of ether oxygens (including phenoxy) is 2. The van der Waals surface area contributed by atoms with Crippen LogP contribution in [0.5, 0.6) is 0 Å². The maximum atomic E-state index is 14.3. The molecular formula is C23H19FN4O5. The molecule has 3 rings (SSSR count). The molecule has 10 heteroatoms. The van der Waals surface area contributed by atoms with Crippen LogP contribution in [-0.2, 0) is 19.1 Å². The first-order valence-corrected chi connectivity index (χ1v) is 9.51. The van der Waals surface area contributed by atoms with Gasteiger partial charge in [0.25, 0.3) is 0 Å². The highest BCUT2D eigenvalue weighted by molar-refractivity contribution is 6.06. The Hall–Kier alpha value is -4.65. The van der Waals surface area contributed by atoms with Crippen LogP contribution in [0.1, 0.15) is 21.8 Å². The number of anilines is 1. The van der Waals surface area contributed by atoms with Crippen molar-refractivity contribution >= 4 is 23.5 Å². The number of carbonyl (C=O) groups is 3. The molecule has 1 amide bonds. The number of nitriles is 1. The van der Waals surface area contributed by atoms with Gasteiger partial charge in [-0.05, 0) is 23.8 Å². The van der Waals surface area contributed by atoms with Crippen molar-refractivity contribution in [1.82, 2.24) is 0 Å². The third kappa shape index (κ3) is 4.12. The van der Waals surface area contributed by atoms with Crippen LogP contribution >= 0.6 is 0 Å². The number of methoxy groups -OCH3 is 2. The lowest BCUT2D eigenvalue weighted by molar-refractivity contribution is -0.139. The van der Waals surface area contributed by atoms with E-state index in [1.807, 2.05) is 6.07 Å². The van der Waals surface area contributed by atoms with Gasteiger partial charge in [0, 0.05) is 5.56 Å². The number of benzene rings is 2. The zero-order chi connectivity index (χ0) is 24.3. The number of hydrogen-bond acceptors (Lipinski definition) is 8. The third-order valence-corrected chi connectivity index (χ3v) is 5.04. The summed E-state index contributed by atoms with van der Waals surface area (Å²) in [5.74, 6) is -5.06. The van der Waals surface area contributed by atoms with Crippen LogP contribution < -0.4 is 16.4 Å². The number of hydrogen-bond donors (Lipinski definition) is 2. The van der Waals surface area contributed by atoms with Crippen LogP contribution in [-0.4, -0.2) is 32.1 Å². The van der Waals surface area contributed by atoms with Gasteiger partial charge in [0.1, 0.15) is 17.3 Å². The van der Waals surface area contributed by atoms with Gasteiger partial charge in [-0.25, -0.2) is 14.0 Å². The lowest BCUT2D eigenvalue weighted by Crippen LogP contribution is -2.41. The van der Waals surface area contributed by atoms with Crippen molar-refractivity contribution in [3.8, 4) is 6.07 Å². The van der Waals surface area contributed by atoms with Crippen LogP contribution in [0.15, 0.2) is 71.2 Å². The highest BCUT2D eigenvalue weighted by Gasteiger charge is 2.43. The van der Waals surface area contributed by atoms with E-state index in [0.29, 0.717) is 5.56 Å². The third-order valence-electron chi connectivity index (χ3n) is 5.04. The number of nitrogens with zero attached hydrogens (tertiary/aromatic N) is 2. The van der Waals surface area contributed by atoms with Crippen molar-refractivity contribution in [2.75, 3.05) is 19.1 Å². The van der Waals surface area contributed by atoms with Crippen LogP contribution in [0.4, 0.5) is 10.1 Å². The molecule has 0 fully saturated rings. The summed E-state index contributed by atoms with van der Waals surface area (Å²) in [6.45, 7) is 0. The maximum Gasteiger partial charge on any atom is 0.355 e. The topological polar surface area (TPSA) is 149 Å². The van der Waals surface area contributed by atoms with E-state index >= 15 is 0 Å². The molecule has 0 saturated carbocycles. The minimum absolute atomic E-state index is 0.0980. The van der Waals surface area contributed by atoms with E-state index in [4.69, 9.17) is 20.9 Å². The molecule has 2 aromatic rings. The Bertz CT molecular complexity index is 1250. The van der Waals surface area contributed by atoms with E-state index in [2.05, 4.69) is 0 Å². The summed E-state index contributed by atoms with van der Waals surface area (Å²) in [7, 11) is 2.19. The van der Waals surface area contributed by atoms with Crippen molar-refractivity contribution in [3.05, 3.63) is 88.1 Å². The van der Waals surface area contributed by atoms with Gasteiger partial charge in [0.15, 0.2) is 0 Å². The fourth-order valence-electron chi connectivity index (χ4n) is 3.63. The summed E-state index contributed by atoms with van der Waals surface area (Å²) < 4.78 is 24.1. The van der Waals surface area contributed by atoms with Gasteiger partial charge < -0.3 is 20.9 Å². The SMILES string of the molecule is COC(=O)C1=C(C(=O)OC)N(c2cc(F)cc(C(N)=O)c2)C(N)=C(C#N)C1c1ccccc1. The van der Waals surface area contributed by atoms with Crippen molar-refractivity contribution in [2.45, 2.75) is 5.92 Å². The molecule has 1 heterocycles. The Morgan fingerprint density at radius 2 is 1.70 bits per heavy atom. The van der Waals surface area contributed by atoms with Crippen molar-refractivity contribution < 1.29 is 28.2 Å². The van der Waals surface area contributed by atoms with E-state index in [0.717, 1.165) is 31.3 Å². The summed E-state index contributed by atoms with van der Waals surface area (Å²) >= 11 is 0. The Labute approximate surface area is 188 Å². The highest BCUT2D eigenvalue weighted by atomic mass is 19.1. The molecule has 33 heavy (non-hydrogen) atoms. The van der Waals surface area contributed by atoms with Gasteiger partial charge in [-0.3, -0.25) is 9.69 Å². The number of rotatable bonds is 5. The normalized spacial score (nSPS) is 15.7. The predicted molar refractivity (Wildman–Crippen MR) is 114 cm³/mol. The Morgan fingerprint density at radius 3 is 2.24 bits per heavy atom. The van der Waals surface area contributed by atoms with Gasteiger partial charge in [0.05, 0.1) is 43.0 Å². The number of amides is 1. The highest BCUT2D eigenvalue weighted by Crippen LogP contribution is 2.43. The smallest absolute Gasteiger partial charge is 0.355 e. The fourth-order valence-corrected chi connectivity index (χ4v) is 3.63. The van der Waals surface area contributed by atoms with Gasteiger partial charge in [-0.2, -0.15) is 5.26 Å². The molecule has 1 aliphatic rings. The number of halogens is 1. The molecule has 9 nitrogen and oxygen atoms in total. The molecule has 0 spiro atoms. The van der Waals surface area contributed by atoms with Gasteiger partial charge in [-0.1, -0.05) is 30.3 Å². The number of esters is 2. The van der Waals surface area contributed by atoms with Crippen molar-refractivity contribution in [1.29, 1.82) is 5.26 Å². The maximum absolute atomic E-state index is 14.3. The summed E-state index contributed by atoms with van der Waals surface area (Å²) in [4.78, 5) is 38.5. The van der Waals surface area contributed by atoms with Crippen LogP contribution in [0.2, 0.25) is 0 Å². The van der Waals surface area contributed by atoms with Crippen LogP contribution in [0, 0.1) is 17.1 Å². The minimum atomic E-state index is -1.07. The monoisotopic (exact) mass is 450 g/mol. The Kier molecular flexibility index (Phi) is 6.44. The summed E-state index contributed by atoms with van der Waals surface area (Å²) in [6, 6.07) is 13.4. The Morgan fingerprint density at radius 1 is 1.06 bits per heavy atom. The zero-order valence-electron chi connectivity index (χ0n) is 17.7. The first-order valence-electron chi connectivity index (χ1n) is 9.51. The first kappa shape index (κ1) is 23.0. The van der Waals surface area contributed by atoms with E-state index in [9.17, 15) is 24.0 Å². The van der Waals surface area contributed by atoms with Crippen LogP contribution in [0.25, 0.3) is 0 Å². The molecular weight excluding hydrogens is 431 g/mol. The summed E-state index contributed by atoms with van der Waals surface area (Å²) in [5.41, 5.74) is 11.0. The van der Waals surface area contributed by atoms with Gasteiger partial charge in [-0.15, -0.1) is 0 Å². The minimum Gasteiger partial charge on any atom is -0.466 e. The number of allylic oxidation sites excluding steroid dienone is 1. The first-order chi connectivity index (χ1) is 15.7. The van der Waals surface area contributed by atoms with Crippen LogP contribution in [0.3, 0.4) is 0 Å². The second kappa shape index (κ2) is 9.23. The molecule has 1 unspecified atom stereocenters. The average Bonchev–Trinajstić information content (AvgIpc) is 2.82. The van der Waals surface area contributed by atoms with E-state index in [-0.39, 0.29) is 28.2 Å².